The molecule has 1 fully saturated rings. The molecule has 1 aliphatic heterocycles. The van der Waals surface area contributed by atoms with Crippen LogP contribution in [0.4, 0.5) is 10.1 Å². The molecule has 2 heterocycles. The van der Waals surface area contributed by atoms with Crippen molar-refractivity contribution in [3.63, 3.8) is 0 Å². The van der Waals surface area contributed by atoms with Crippen molar-refractivity contribution in [2.24, 2.45) is 0 Å². The van der Waals surface area contributed by atoms with E-state index in [4.69, 9.17) is 10.3 Å². The minimum absolute atomic E-state index is 0. The van der Waals surface area contributed by atoms with E-state index in [0.29, 0.717) is 11.7 Å². The van der Waals surface area contributed by atoms with Crippen LogP contribution in [0, 0.1) is 5.82 Å². The first-order chi connectivity index (χ1) is 12.7. The van der Waals surface area contributed by atoms with Crippen molar-refractivity contribution >= 4 is 18.1 Å². The molecule has 0 bridgehead atoms. The minimum atomic E-state index is -0.276. The maximum absolute atomic E-state index is 13.1. The molecule has 2 N–H and O–H groups in total. The van der Waals surface area contributed by atoms with Crippen LogP contribution in [0.1, 0.15) is 30.2 Å². The number of halogens is 2. The van der Waals surface area contributed by atoms with E-state index in [1.54, 1.807) is 12.1 Å². The quantitative estimate of drug-likeness (QED) is 0.676. The van der Waals surface area contributed by atoms with Gasteiger partial charge in [0.1, 0.15) is 5.82 Å². The van der Waals surface area contributed by atoms with Gasteiger partial charge in [0.15, 0.2) is 0 Å². The maximum Gasteiger partial charge on any atom is 0.231 e. The molecule has 0 aliphatic carbocycles. The van der Waals surface area contributed by atoms with E-state index in [9.17, 15) is 4.39 Å². The Morgan fingerprint density at radius 3 is 2.78 bits per heavy atom. The standard InChI is InChI=1S/C20H21FN4O.ClH/c21-17-8-6-15(7-9-17)19-23-20(26-24-19)16-4-2-10-25(13-16)12-14-3-1-5-18(22)11-14;/h1,3,5-9,11,16H,2,4,10,12-13,22H2;1H. The van der Waals surface area contributed by atoms with Crippen molar-refractivity contribution in [3.05, 3.63) is 65.8 Å². The molecule has 2 aromatic carbocycles. The van der Waals surface area contributed by atoms with Crippen LogP contribution in [0.3, 0.4) is 0 Å². The van der Waals surface area contributed by atoms with Gasteiger partial charge < -0.3 is 10.3 Å². The third-order valence-corrected chi connectivity index (χ3v) is 4.76. The number of nitrogens with zero attached hydrogens (tertiary/aromatic N) is 3. The summed E-state index contributed by atoms with van der Waals surface area (Å²) in [5, 5.41) is 4.07. The highest BCUT2D eigenvalue weighted by Gasteiger charge is 2.26. The second-order valence-corrected chi connectivity index (χ2v) is 6.78. The Kier molecular flexibility index (Phi) is 6.08. The predicted molar refractivity (Wildman–Crippen MR) is 105 cm³/mol. The lowest BCUT2D eigenvalue weighted by Gasteiger charge is -2.31. The van der Waals surface area contributed by atoms with Crippen LogP contribution in [-0.2, 0) is 6.54 Å². The molecule has 0 saturated carbocycles. The predicted octanol–water partition coefficient (Wildman–Crippen LogP) is 4.26. The summed E-state index contributed by atoms with van der Waals surface area (Å²) in [6, 6.07) is 14.1. The van der Waals surface area contributed by atoms with E-state index in [1.807, 2.05) is 18.2 Å². The summed E-state index contributed by atoms with van der Waals surface area (Å²) in [6.07, 6.45) is 2.11. The lowest BCUT2D eigenvalue weighted by Crippen LogP contribution is -2.34. The Balaban J connectivity index is 0.00000210. The molecule has 3 aromatic rings. The minimum Gasteiger partial charge on any atom is -0.399 e. The Morgan fingerprint density at radius 2 is 2.00 bits per heavy atom. The van der Waals surface area contributed by atoms with E-state index in [0.717, 1.165) is 43.7 Å². The topological polar surface area (TPSA) is 68.2 Å². The molecular formula is C20H22ClFN4O. The molecule has 1 unspecified atom stereocenters. The van der Waals surface area contributed by atoms with Gasteiger partial charge >= 0.3 is 0 Å². The third-order valence-electron chi connectivity index (χ3n) is 4.76. The van der Waals surface area contributed by atoms with Gasteiger partial charge in [-0.15, -0.1) is 12.4 Å². The number of benzene rings is 2. The van der Waals surface area contributed by atoms with Gasteiger partial charge in [-0.1, -0.05) is 17.3 Å². The molecule has 142 valence electrons. The van der Waals surface area contributed by atoms with E-state index in [-0.39, 0.29) is 24.1 Å². The zero-order chi connectivity index (χ0) is 17.9. The summed E-state index contributed by atoms with van der Waals surface area (Å²) in [7, 11) is 0. The van der Waals surface area contributed by atoms with Crippen molar-refractivity contribution in [1.29, 1.82) is 0 Å². The molecule has 0 amide bonds. The van der Waals surface area contributed by atoms with Crippen LogP contribution in [0.2, 0.25) is 0 Å². The summed E-state index contributed by atoms with van der Waals surface area (Å²) in [5.41, 5.74) is 8.63. The number of likely N-dealkylation sites (tertiary alicyclic amines) is 1. The van der Waals surface area contributed by atoms with E-state index in [1.165, 1.54) is 17.7 Å². The van der Waals surface area contributed by atoms with E-state index < -0.39 is 0 Å². The van der Waals surface area contributed by atoms with Crippen LogP contribution in [0.5, 0.6) is 0 Å². The fourth-order valence-electron chi connectivity index (χ4n) is 3.47. The van der Waals surface area contributed by atoms with Crippen molar-refractivity contribution in [1.82, 2.24) is 15.0 Å². The number of rotatable bonds is 4. The number of hydrogen-bond acceptors (Lipinski definition) is 5. The number of nitrogen functional groups attached to an aromatic ring is 1. The Morgan fingerprint density at radius 1 is 1.19 bits per heavy atom. The fraction of sp³-hybridized carbons (Fsp3) is 0.300. The summed E-state index contributed by atoms with van der Waals surface area (Å²) in [5.74, 6) is 1.10. The molecule has 7 heteroatoms. The molecule has 0 spiro atoms. The van der Waals surface area contributed by atoms with Crippen LogP contribution in [0.15, 0.2) is 53.1 Å². The maximum atomic E-state index is 13.1. The van der Waals surface area contributed by atoms with Gasteiger partial charge in [0.05, 0.1) is 5.92 Å². The van der Waals surface area contributed by atoms with Crippen molar-refractivity contribution in [2.45, 2.75) is 25.3 Å². The summed E-state index contributed by atoms with van der Waals surface area (Å²) < 4.78 is 18.6. The molecule has 1 aromatic heterocycles. The molecule has 27 heavy (non-hydrogen) atoms. The fourth-order valence-corrected chi connectivity index (χ4v) is 3.47. The first-order valence-electron chi connectivity index (χ1n) is 8.84. The average Bonchev–Trinajstić information content (AvgIpc) is 3.13. The van der Waals surface area contributed by atoms with Gasteiger partial charge in [0.25, 0.3) is 0 Å². The first-order valence-corrected chi connectivity index (χ1v) is 8.84. The molecule has 1 saturated heterocycles. The number of hydrogen-bond donors (Lipinski definition) is 1. The Bertz CT molecular complexity index is 884. The average molecular weight is 389 g/mol. The monoisotopic (exact) mass is 388 g/mol. The summed E-state index contributed by atoms with van der Waals surface area (Å²) in [4.78, 5) is 6.94. The van der Waals surface area contributed by atoms with Gasteiger partial charge in [-0.05, 0) is 61.3 Å². The first kappa shape index (κ1) is 19.3. The highest BCUT2D eigenvalue weighted by molar-refractivity contribution is 5.85. The van der Waals surface area contributed by atoms with Gasteiger partial charge in [0.2, 0.25) is 11.7 Å². The third kappa shape index (κ3) is 4.64. The molecule has 1 aliphatic rings. The largest absolute Gasteiger partial charge is 0.399 e. The van der Waals surface area contributed by atoms with Gasteiger partial charge in [-0.25, -0.2) is 4.39 Å². The van der Waals surface area contributed by atoms with Crippen LogP contribution >= 0.6 is 12.4 Å². The van der Waals surface area contributed by atoms with Crippen molar-refractivity contribution in [3.8, 4) is 11.4 Å². The Labute approximate surface area is 163 Å². The Hall–Kier alpha value is -2.44. The van der Waals surface area contributed by atoms with Crippen LogP contribution < -0.4 is 5.73 Å². The van der Waals surface area contributed by atoms with Gasteiger partial charge in [-0.2, -0.15) is 4.98 Å². The second-order valence-electron chi connectivity index (χ2n) is 6.78. The zero-order valence-electron chi connectivity index (χ0n) is 14.8. The number of anilines is 1. The number of nitrogens with two attached hydrogens (primary N) is 1. The second kappa shape index (κ2) is 8.50. The van der Waals surface area contributed by atoms with Crippen LogP contribution in [-0.4, -0.2) is 28.1 Å². The highest BCUT2D eigenvalue weighted by Crippen LogP contribution is 2.28. The van der Waals surface area contributed by atoms with Gasteiger partial charge in [-0.3, -0.25) is 4.90 Å². The van der Waals surface area contributed by atoms with Gasteiger partial charge in [0, 0.05) is 24.3 Å². The molecule has 4 rings (SSSR count). The SMILES string of the molecule is Cl.Nc1cccc(CN2CCCC(c3nc(-c4ccc(F)cc4)no3)C2)c1. The van der Waals surface area contributed by atoms with E-state index >= 15 is 0 Å². The smallest absolute Gasteiger partial charge is 0.231 e. The van der Waals surface area contributed by atoms with Crippen molar-refractivity contribution in [2.75, 3.05) is 18.8 Å². The lowest BCUT2D eigenvalue weighted by atomic mass is 9.97. The molecule has 1 atom stereocenters. The normalized spacial score (nSPS) is 17.4. The summed E-state index contributed by atoms with van der Waals surface area (Å²) in [6.45, 7) is 2.78. The van der Waals surface area contributed by atoms with Crippen LogP contribution in [0.25, 0.3) is 11.4 Å². The number of aromatic nitrogens is 2. The number of piperidine rings is 1. The zero-order valence-corrected chi connectivity index (χ0v) is 15.7. The molecule has 5 nitrogen and oxygen atoms in total. The molecule has 0 radical (unpaired) electrons. The molecular weight excluding hydrogens is 367 g/mol. The summed E-state index contributed by atoms with van der Waals surface area (Å²) >= 11 is 0. The van der Waals surface area contributed by atoms with Crippen molar-refractivity contribution < 1.29 is 8.91 Å². The highest BCUT2D eigenvalue weighted by atomic mass is 35.5. The lowest BCUT2D eigenvalue weighted by molar-refractivity contribution is 0.180. The van der Waals surface area contributed by atoms with E-state index in [2.05, 4.69) is 21.1 Å².